The molecular weight excluding hydrogens is 485 g/mol. The standard InChI is InChI=1S/C26H33F3N6O2/c1-5-10-34(12-13-36)22-15-19(24-30-9-11-33(24)4)25-31-23(17(3)37)21(35(25)32-22)14-18-7-6-8-20(16(18)2)26(27,28)29/h6-9,11,15,17,24,30,36-37H,5,10,12-14H2,1-4H3. The van der Waals surface area contributed by atoms with Crippen molar-refractivity contribution in [1.82, 2.24) is 24.8 Å². The number of rotatable bonds is 9. The van der Waals surface area contributed by atoms with Gasteiger partial charge in [0.15, 0.2) is 5.65 Å². The van der Waals surface area contributed by atoms with Gasteiger partial charge in [-0.1, -0.05) is 19.1 Å². The largest absolute Gasteiger partial charge is 0.416 e. The lowest BCUT2D eigenvalue weighted by Crippen LogP contribution is -2.30. The summed E-state index contributed by atoms with van der Waals surface area (Å²) in [5.74, 6) is 0.608. The lowest BCUT2D eigenvalue weighted by atomic mass is 9.97. The van der Waals surface area contributed by atoms with Crippen LogP contribution in [0.15, 0.2) is 36.7 Å². The van der Waals surface area contributed by atoms with Crippen molar-refractivity contribution < 1.29 is 23.4 Å². The fourth-order valence-corrected chi connectivity index (χ4v) is 4.81. The summed E-state index contributed by atoms with van der Waals surface area (Å²) >= 11 is 0. The fourth-order valence-electron chi connectivity index (χ4n) is 4.81. The van der Waals surface area contributed by atoms with E-state index in [2.05, 4.69) is 5.32 Å². The molecule has 4 rings (SSSR count). The number of halogens is 3. The van der Waals surface area contributed by atoms with E-state index in [1.165, 1.54) is 13.0 Å². The molecular formula is C26H33F3N6O2. The van der Waals surface area contributed by atoms with Crippen LogP contribution in [0, 0.1) is 6.92 Å². The van der Waals surface area contributed by atoms with Gasteiger partial charge in [-0.2, -0.15) is 13.2 Å². The van der Waals surface area contributed by atoms with Gasteiger partial charge in [0.1, 0.15) is 12.0 Å². The van der Waals surface area contributed by atoms with E-state index in [0.29, 0.717) is 41.5 Å². The van der Waals surface area contributed by atoms with Gasteiger partial charge in [0, 0.05) is 44.5 Å². The Hall–Kier alpha value is -3.31. The maximum atomic E-state index is 13.6. The number of aromatic nitrogens is 3. The third-order valence-corrected chi connectivity index (χ3v) is 6.68. The average Bonchev–Trinajstić information content (AvgIpc) is 3.42. The molecule has 0 spiro atoms. The molecule has 2 unspecified atom stereocenters. The molecule has 200 valence electrons. The normalized spacial score (nSPS) is 16.5. The van der Waals surface area contributed by atoms with Crippen molar-refractivity contribution in [3.8, 4) is 0 Å². The zero-order chi connectivity index (χ0) is 26.9. The minimum absolute atomic E-state index is 0.0582. The van der Waals surface area contributed by atoms with E-state index >= 15 is 0 Å². The van der Waals surface area contributed by atoms with Crippen LogP contribution in [-0.4, -0.2) is 56.5 Å². The van der Waals surface area contributed by atoms with Crippen molar-refractivity contribution in [2.75, 3.05) is 31.6 Å². The number of imidazole rings is 1. The van der Waals surface area contributed by atoms with E-state index in [-0.39, 0.29) is 24.8 Å². The van der Waals surface area contributed by atoms with Crippen molar-refractivity contribution in [2.45, 2.75) is 52.1 Å². The molecule has 3 heterocycles. The van der Waals surface area contributed by atoms with Crippen molar-refractivity contribution in [1.29, 1.82) is 0 Å². The molecule has 0 fully saturated rings. The Balaban J connectivity index is 1.95. The van der Waals surface area contributed by atoms with Crippen molar-refractivity contribution in [3.05, 3.63) is 70.3 Å². The summed E-state index contributed by atoms with van der Waals surface area (Å²) in [5, 5.41) is 28.4. The predicted molar refractivity (Wildman–Crippen MR) is 135 cm³/mol. The van der Waals surface area contributed by atoms with E-state index in [1.54, 1.807) is 17.5 Å². The Labute approximate surface area is 214 Å². The summed E-state index contributed by atoms with van der Waals surface area (Å²) in [6.45, 7) is 6.05. The first-order valence-corrected chi connectivity index (χ1v) is 12.3. The number of nitrogens with zero attached hydrogens (tertiary/aromatic N) is 5. The molecule has 0 saturated carbocycles. The first kappa shape index (κ1) is 26.7. The molecule has 1 aliphatic heterocycles. The summed E-state index contributed by atoms with van der Waals surface area (Å²) < 4.78 is 42.5. The molecule has 0 saturated heterocycles. The highest BCUT2D eigenvalue weighted by Gasteiger charge is 2.33. The number of aliphatic hydroxyl groups excluding tert-OH is 2. The quantitative estimate of drug-likeness (QED) is 0.396. The van der Waals surface area contributed by atoms with Crippen LogP contribution in [0.2, 0.25) is 0 Å². The zero-order valence-corrected chi connectivity index (χ0v) is 21.4. The van der Waals surface area contributed by atoms with Crippen LogP contribution >= 0.6 is 0 Å². The molecule has 2 aromatic heterocycles. The highest BCUT2D eigenvalue weighted by atomic mass is 19.4. The van der Waals surface area contributed by atoms with Crippen LogP contribution in [0.1, 0.15) is 66.2 Å². The molecule has 3 N–H and O–H groups in total. The average molecular weight is 519 g/mol. The smallest absolute Gasteiger partial charge is 0.395 e. The summed E-state index contributed by atoms with van der Waals surface area (Å²) in [4.78, 5) is 8.69. The SMILES string of the molecule is CCCN(CCO)c1cc(C2NC=CN2C)c2nc(C(C)O)c(Cc3cccc(C(F)(F)F)c3C)n2n1. The third-order valence-electron chi connectivity index (χ3n) is 6.68. The van der Waals surface area contributed by atoms with Crippen LogP contribution in [0.3, 0.4) is 0 Å². The summed E-state index contributed by atoms with van der Waals surface area (Å²) in [5.41, 5.74) is 2.10. The van der Waals surface area contributed by atoms with E-state index in [9.17, 15) is 23.4 Å². The molecule has 11 heteroatoms. The number of aliphatic hydroxyl groups is 2. The van der Waals surface area contributed by atoms with E-state index in [4.69, 9.17) is 10.1 Å². The topological polar surface area (TPSA) is 89.2 Å². The van der Waals surface area contributed by atoms with E-state index in [1.807, 2.05) is 42.2 Å². The molecule has 0 aliphatic carbocycles. The second-order valence-corrected chi connectivity index (χ2v) is 9.34. The number of hydrogen-bond donors (Lipinski definition) is 3. The van der Waals surface area contributed by atoms with Crippen molar-refractivity contribution >= 4 is 11.5 Å². The first-order chi connectivity index (χ1) is 17.6. The number of benzene rings is 1. The van der Waals surface area contributed by atoms with Gasteiger partial charge in [0.05, 0.1) is 29.7 Å². The Bertz CT molecular complexity index is 1280. The minimum atomic E-state index is -4.47. The molecule has 0 bridgehead atoms. The van der Waals surface area contributed by atoms with Crippen LogP contribution < -0.4 is 10.2 Å². The van der Waals surface area contributed by atoms with Crippen LogP contribution in [0.25, 0.3) is 5.65 Å². The van der Waals surface area contributed by atoms with Gasteiger partial charge in [-0.05, 0) is 43.5 Å². The molecule has 0 radical (unpaired) electrons. The maximum absolute atomic E-state index is 13.6. The number of alkyl halides is 3. The number of fused-ring (bicyclic) bond motifs is 1. The Kier molecular flexibility index (Phi) is 7.65. The van der Waals surface area contributed by atoms with Crippen LogP contribution in [0.5, 0.6) is 0 Å². The molecule has 1 aliphatic rings. The molecule has 3 aromatic rings. The Morgan fingerprint density at radius 1 is 1.24 bits per heavy atom. The minimum Gasteiger partial charge on any atom is -0.395 e. The lowest BCUT2D eigenvalue weighted by molar-refractivity contribution is -0.138. The predicted octanol–water partition coefficient (Wildman–Crippen LogP) is 3.91. The second-order valence-electron chi connectivity index (χ2n) is 9.34. The summed E-state index contributed by atoms with van der Waals surface area (Å²) in [6.07, 6.45) is -1.04. The number of nitrogens with one attached hydrogen (secondary N) is 1. The maximum Gasteiger partial charge on any atom is 0.416 e. The molecule has 37 heavy (non-hydrogen) atoms. The monoisotopic (exact) mass is 518 g/mol. The van der Waals surface area contributed by atoms with Crippen molar-refractivity contribution in [2.24, 2.45) is 0 Å². The lowest BCUT2D eigenvalue weighted by Gasteiger charge is -2.26. The van der Waals surface area contributed by atoms with Crippen LogP contribution in [-0.2, 0) is 12.6 Å². The highest BCUT2D eigenvalue weighted by molar-refractivity contribution is 5.58. The van der Waals surface area contributed by atoms with Gasteiger partial charge in [-0.15, -0.1) is 5.10 Å². The number of anilines is 1. The highest BCUT2D eigenvalue weighted by Crippen LogP contribution is 2.35. The molecule has 8 nitrogen and oxygen atoms in total. The van der Waals surface area contributed by atoms with Crippen LogP contribution in [0.4, 0.5) is 19.0 Å². The summed E-state index contributed by atoms with van der Waals surface area (Å²) in [6, 6.07) is 6.05. The first-order valence-electron chi connectivity index (χ1n) is 12.3. The molecule has 1 aromatic carbocycles. The Morgan fingerprint density at radius 3 is 2.59 bits per heavy atom. The molecule has 0 amide bonds. The van der Waals surface area contributed by atoms with Crippen molar-refractivity contribution in [3.63, 3.8) is 0 Å². The van der Waals surface area contributed by atoms with Gasteiger partial charge in [0.2, 0.25) is 0 Å². The van der Waals surface area contributed by atoms with E-state index < -0.39 is 17.8 Å². The van der Waals surface area contributed by atoms with Gasteiger partial charge in [-0.3, -0.25) is 0 Å². The molecule has 2 atom stereocenters. The van der Waals surface area contributed by atoms with E-state index in [0.717, 1.165) is 18.1 Å². The summed E-state index contributed by atoms with van der Waals surface area (Å²) in [7, 11) is 1.92. The second kappa shape index (κ2) is 10.6. The van der Waals surface area contributed by atoms with Gasteiger partial charge >= 0.3 is 6.18 Å². The third kappa shape index (κ3) is 5.24. The van der Waals surface area contributed by atoms with Gasteiger partial charge in [0.25, 0.3) is 0 Å². The van der Waals surface area contributed by atoms with Gasteiger partial charge < -0.3 is 25.3 Å². The van der Waals surface area contributed by atoms with Gasteiger partial charge in [-0.25, -0.2) is 9.50 Å². The Morgan fingerprint density at radius 2 is 2.00 bits per heavy atom. The zero-order valence-electron chi connectivity index (χ0n) is 21.4. The fraction of sp³-hybridized carbons (Fsp3) is 0.462. The number of hydrogen-bond acceptors (Lipinski definition) is 7.